The molecule has 0 saturated carbocycles. The summed E-state index contributed by atoms with van der Waals surface area (Å²) >= 11 is 1.75. The first-order valence-corrected chi connectivity index (χ1v) is 7.42. The van der Waals surface area contributed by atoms with Crippen LogP contribution in [0.15, 0.2) is 23.3 Å². The Balaban J connectivity index is 1.90. The van der Waals surface area contributed by atoms with E-state index in [0.29, 0.717) is 5.88 Å². The molecule has 3 rings (SSSR count). The molecule has 1 aromatic rings. The monoisotopic (exact) mass is 263 g/mol. The molecule has 2 unspecified atom stereocenters. The average molecular weight is 263 g/mol. The van der Waals surface area contributed by atoms with E-state index < -0.39 is 0 Å². The number of fused-ring (bicyclic) bond motifs is 1. The molecule has 5 heteroatoms. The summed E-state index contributed by atoms with van der Waals surface area (Å²) in [6.07, 6.45) is 2.32. The van der Waals surface area contributed by atoms with Crippen molar-refractivity contribution >= 4 is 17.4 Å². The zero-order valence-corrected chi connectivity index (χ0v) is 11.2. The van der Waals surface area contributed by atoms with Crippen molar-refractivity contribution in [2.45, 2.75) is 31.1 Å². The van der Waals surface area contributed by atoms with Gasteiger partial charge in [-0.2, -0.15) is 0 Å². The second-order valence-electron chi connectivity index (χ2n) is 4.85. The number of hydroxylamine groups is 1. The van der Waals surface area contributed by atoms with Crippen LogP contribution in [0.3, 0.4) is 0 Å². The molecular weight excluding hydrogens is 246 g/mol. The Morgan fingerprint density at radius 2 is 2.39 bits per heavy atom. The van der Waals surface area contributed by atoms with Gasteiger partial charge in [0.25, 0.3) is 0 Å². The smallest absolute Gasteiger partial charge is 0.202 e. The number of nitrogens with one attached hydrogen (secondary N) is 1. The van der Waals surface area contributed by atoms with E-state index in [0.717, 1.165) is 17.8 Å². The van der Waals surface area contributed by atoms with Crippen molar-refractivity contribution in [1.82, 2.24) is 0 Å². The average Bonchev–Trinajstić information content (AvgIpc) is 2.41. The van der Waals surface area contributed by atoms with Crippen LogP contribution < -0.4 is 5.32 Å². The van der Waals surface area contributed by atoms with Gasteiger partial charge in [-0.25, -0.2) is 0 Å². The van der Waals surface area contributed by atoms with Gasteiger partial charge < -0.3 is 10.5 Å². The number of anilines is 1. The Morgan fingerprint density at radius 3 is 3.28 bits per heavy atom. The summed E-state index contributed by atoms with van der Waals surface area (Å²) in [5, 5.41) is 19.1. The van der Waals surface area contributed by atoms with Gasteiger partial charge >= 0.3 is 0 Å². The van der Waals surface area contributed by atoms with Gasteiger partial charge in [-0.1, -0.05) is 17.0 Å². The maximum atomic E-state index is 11.6. The van der Waals surface area contributed by atoms with E-state index in [4.69, 9.17) is 0 Å². The van der Waals surface area contributed by atoms with Crippen LogP contribution in [-0.4, -0.2) is 23.3 Å². The van der Waals surface area contributed by atoms with Crippen molar-refractivity contribution in [1.29, 1.82) is 0 Å². The standard InChI is InChI=1S/C13H17N3OS/c1-9-13(18-8-15-16(9)17)11-4-5-12-10(7-11)3-2-6-14-12/h4-5,7,9,13-14H,2-3,6,8H2,1H3. The molecule has 2 aliphatic heterocycles. The Labute approximate surface area is 111 Å². The Bertz CT molecular complexity index is 489. The third kappa shape index (κ3) is 2.07. The molecule has 4 nitrogen and oxygen atoms in total. The maximum Gasteiger partial charge on any atom is 0.202 e. The fourth-order valence-electron chi connectivity index (χ4n) is 2.60. The lowest BCUT2D eigenvalue weighted by atomic mass is 9.98. The Morgan fingerprint density at radius 1 is 1.50 bits per heavy atom. The van der Waals surface area contributed by atoms with E-state index in [-0.39, 0.29) is 11.3 Å². The lowest BCUT2D eigenvalue weighted by Crippen LogP contribution is -2.27. The van der Waals surface area contributed by atoms with Gasteiger partial charge in [0.2, 0.25) is 6.04 Å². The number of aryl methyl sites for hydroxylation is 1. The number of benzene rings is 1. The fourth-order valence-corrected chi connectivity index (χ4v) is 3.66. The molecule has 0 aromatic heterocycles. The third-order valence-electron chi connectivity index (χ3n) is 3.63. The molecule has 0 amide bonds. The lowest BCUT2D eigenvalue weighted by molar-refractivity contribution is -0.566. The summed E-state index contributed by atoms with van der Waals surface area (Å²) in [6, 6.07) is 6.47. The molecule has 1 aromatic carbocycles. The van der Waals surface area contributed by atoms with E-state index in [9.17, 15) is 5.21 Å². The van der Waals surface area contributed by atoms with Gasteiger partial charge in [0.15, 0.2) is 0 Å². The second-order valence-corrected chi connectivity index (χ2v) is 5.95. The summed E-state index contributed by atoms with van der Waals surface area (Å²) in [6.45, 7) is 3.01. The molecule has 2 heterocycles. The highest BCUT2D eigenvalue weighted by molar-refractivity contribution is 7.99. The maximum absolute atomic E-state index is 11.6. The highest BCUT2D eigenvalue weighted by Gasteiger charge is 2.31. The molecule has 1 N–H and O–H groups in total. The third-order valence-corrected chi connectivity index (χ3v) is 4.92. The van der Waals surface area contributed by atoms with E-state index in [1.54, 1.807) is 11.8 Å². The van der Waals surface area contributed by atoms with Crippen molar-refractivity contribution in [3.8, 4) is 0 Å². The number of azo groups is 1. The van der Waals surface area contributed by atoms with E-state index in [1.165, 1.54) is 23.2 Å². The molecule has 0 bridgehead atoms. The summed E-state index contributed by atoms with van der Waals surface area (Å²) in [5.41, 5.74) is 3.89. The minimum absolute atomic E-state index is 0.0849. The first-order valence-electron chi connectivity index (χ1n) is 6.38. The molecule has 0 radical (unpaired) electrons. The van der Waals surface area contributed by atoms with Crippen molar-refractivity contribution in [2.75, 3.05) is 17.7 Å². The second kappa shape index (κ2) is 4.80. The van der Waals surface area contributed by atoms with Crippen LogP contribution in [0.4, 0.5) is 5.69 Å². The summed E-state index contributed by atoms with van der Waals surface area (Å²) in [7, 11) is 0. The number of hydrogen-bond acceptors (Lipinski definition) is 4. The van der Waals surface area contributed by atoms with Crippen LogP contribution >= 0.6 is 11.8 Å². The number of thioether (sulfide) groups is 1. The molecule has 18 heavy (non-hydrogen) atoms. The number of rotatable bonds is 1. The molecule has 2 aliphatic rings. The first kappa shape index (κ1) is 11.8. The van der Waals surface area contributed by atoms with Gasteiger partial charge in [-0.3, -0.25) is 0 Å². The van der Waals surface area contributed by atoms with E-state index >= 15 is 0 Å². The zero-order valence-electron chi connectivity index (χ0n) is 10.4. The van der Waals surface area contributed by atoms with Gasteiger partial charge in [-0.15, -0.1) is 11.8 Å². The van der Waals surface area contributed by atoms with Crippen LogP contribution in [0, 0.1) is 5.21 Å². The topological polar surface area (TPSA) is 50.5 Å². The predicted octanol–water partition coefficient (Wildman–Crippen LogP) is 3.14. The number of hydrogen-bond donors (Lipinski definition) is 1. The largest absolute Gasteiger partial charge is 0.600 e. The van der Waals surface area contributed by atoms with Crippen LogP contribution in [0.25, 0.3) is 0 Å². The summed E-state index contributed by atoms with van der Waals surface area (Å²) in [4.78, 5) is 0.860. The van der Waals surface area contributed by atoms with Crippen molar-refractivity contribution < 1.29 is 4.86 Å². The van der Waals surface area contributed by atoms with Gasteiger partial charge in [0.1, 0.15) is 5.88 Å². The summed E-state index contributed by atoms with van der Waals surface area (Å²) in [5.74, 6) is 0.563. The molecule has 0 saturated heterocycles. The highest BCUT2D eigenvalue weighted by atomic mass is 32.2. The van der Waals surface area contributed by atoms with Crippen LogP contribution in [0.2, 0.25) is 0 Å². The predicted molar refractivity (Wildman–Crippen MR) is 74.0 cm³/mol. The van der Waals surface area contributed by atoms with Crippen LogP contribution in [-0.2, 0) is 6.42 Å². The summed E-state index contributed by atoms with van der Waals surface area (Å²) < 4.78 is 0. The van der Waals surface area contributed by atoms with Crippen molar-refractivity contribution in [2.24, 2.45) is 5.11 Å². The number of nitrogens with zero attached hydrogens (tertiary/aromatic N) is 2. The van der Waals surface area contributed by atoms with Crippen LogP contribution in [0.5, 0.6) is 0 Å². The first-order chi connectivity index (χ1) is 8.75. The highest BCUT2D eigenvalue weighted by Crippen LogP contribution is 2.38. The molecule has 2 atom stereocenters. The molecule has 0 aliphatic carbocycles. The molecule has 0 fully saturated rings. The minimum Gasteiger partial charge on any atom is -0.600 e. The normalized spacial score (nSPS) is 27.1. The van der Waals surface area contributed by atoms with E-state index in [1.807, 2.05) is 6.92 Å². The minimum atomic E-state index is -0.0849. The van der Waals surface area contributed by atoms with Crippen LogP contribution in [0.1, 0.15) is 29.7 Å². The van der Waals surface area contributed by atoms with Crippen molar-refractivity contribution in [3.05, 3.63) is 34.5 Å². The molecular formula is C13H17N3OS. The molecule has 0 spiro atoms. The Kier molecular flexibility index (Phi) is 3.16. The van der Waals surface area contributed by atoms with Gasteiger partial charge in [0.05, 0.1) is 5.25 Å². The lowest BCUT2D eigenvalue weighted by Gasteiger charge is -2.25. The quantitative estimate of drug-likeness (QED) is 0.625. The van der Waals surface area contributed by atoms with Gasteiger partial charge in [0, 0.05) is 19.2 Å². The van der Waals surface area contributed by atoms with Gasteiger partial charge in [-0.05, 0) is 35.1 Å². The molecule has 96 valence electrons. The van der Waals surface area contributed by atoms with Crippen molar-refractivity contribution in [3.63, 3.8) is 0 Å². The van der Waals surface area contributed by atoms with E-state index in [2.05, 4.69) is 28.6 Å². The SMILES string of the molecule is CC1C(c2ccc3c(c2)CCCN3)SCN=[N+]1[O-]. The zero-order chi connectivity index (χ0) is 12.5. The fraction of sp³-hybridized carbons (Fsp3) is 0.538. The Hall–Kier alpha value is -1.23.